The maximum absolute atomic E-state index is 12.9. The lowest BCUT2D eigenvalue weighted by Crippen LogP contribution is -2.23. The fraction of sp³-hybridized carbons (Fsp3) is 0.217. The Bertz CT molecular complexity index is 1190. The van der Waals surface area contributed by atoms with Crippen LogP contribution in [-0.2, 0) is 17.8 Å². The fourth-order valence-corrected chi connectivity index (χ4v) is 3.58. The van der Waals surface area contributed by atoms with E-state index in [-0.39, 0.29) is 11.5 Å². The Labute approximate surface area is 163 Å². The van der Waals surface area contributed by atoms with Crippen LogP contribution in [0.25, 0.3) is 16.6 Å². The van der Waals surface area contributed by atoms with Crippen molar-refractivity contribution >= 4 is 28.1 Å². The van der Waals surface area contributed by atoms with Crippen molar-refractivity contribution in [2.45, 2.75) is 32.7 Å². The second-order valence-corrected chi connectivity index (χ2v) is 6.91. The van der Waals surface area contributed by atoms with Gasteiger partial charge < -0.3 is 14.3 Å². The summed E-state index contributed by atoms with van der Waals surface area (Å²) in [4.78, 5) is 25.1. The number of hydrogen-bond donors (Lipinski definition) is 1. The molecule has 5 nitrogen and oxygen atoms in total. The zero-order valence-corrected chi connectivity index (χ0v) is 15.9. The molecule has 5 heteroatoms. The molecule has 0 spiro atoms. The van der Waals surface area contributed by atoms with E-state index in [2.05, 4.69) is 12.2 Å². The number of benzene rings is 2. The molecule has 2 heterocycles. The molecule has 0 atom stereocenters. The number of hydrogen-bond acceptors (Lipinski definition) is 2. The first-order chi connectivity index (χ1) is 13.7. The monoisotopic (exact) mass is 373 g/mol. The highest BCUT2D eigenvalue weighted by atomic mass is 16.1. The molecule has 1 N–H and O–H groups in total. The number of carbonyl (C=O) groups is 1. The van der Waals surface area contributed by atoms with Gasteiger partial charge in [0.1, 0.15) is 5.52 Å². The van der Waals surface area contributed by atoms with Crippen LogP contribution in [-0.4, -0.2) is 14.9 Å². The molecule has 142 valence electrons. The van der Waals surface area contributed by atoms with Gasteiger partial charge in [0.05, 0.1) is 11.0 Å². The number of nitrogens with zero attached hydrogens (tertiary/aromatic N) is 2. The van der Waals surface area contributed by atoms with Gasteiger partial charge in [-0.15, -0.1) is 0 Å². The summed E-state index contributed by atoms with van der Waals surface area (Å²) in [5, 5.41) is 2.93. The van der Waals surface area contributed by atoms with E-state index < -0.39 is 0 Å². The maximum atomic E-state index is 12.9. The molecular formula is C23H23N3O2. The van der Waals surface area contributed by atoms with E-state index in [9.17, 15) is 9.59 Å². The molecule has 0 saturated carbocycles. The lowest BCUT2D eigenvalue weighted by Gasteiger charge is -2.12. The van der Waals surface area contributed by atoms with E-state index >= 15 is 0 Å². The number of aryl methyl sites for hydroxylation is 2. The van der Waals surface area contributed by atoms with Crippen LogP contribution in [0.15, 0.2) is 71.7 Å². The van der Waals surface area contributed by atoms with Gasteiger partial charge in [-0.2, -0.15) is 0 Å². The number of carbonyl (C=O) groups excluding carboxylic acids is 1. The van der Waals surface area contributed by atoms with Crippen molar-refractivity contribution < 1.29 is 4.79 Å². The number of anilines is 1. The van der Waals surface area contributed by atoms with Crippen molar-refractivity contribution in [2.24, 2.45) is 0 Å². The molecule has 28 heavy (non-hydrogen) atoms. The summed E-state index contributed by atoms with van der Waals surface area (Å²) in [5.41, 5.74) is 4.54. The van der Waals surface area contributed by atoms with Gasteiger partial charge in [-0.05, 0) is 54.8 Å². The molecule has 0 fully saturated rings. The number of aromatic nitrogens is 2. The fourth-order valence-electron chi connectivity index (χ4n) is 3.58. The highest BCUT2D eigenvalue weighted by Crippen LogP contribution is 2.16. The van der Waals surface area contributed by atoms with E-state index in [1.54, 1.807) is 4.57 Å². The van der Waals surface area contributed by atoms with Crippen molar-refractivity contribution in [3.8, 4) is 0 Å². The lowest BCUT2D eigenvalue weighted by molar-refractivity contribution is -0.116. The summed E-state index contributed by atoms with van der Waals surface area (Å²) in [6.45, 7) is 2.60. The smallest absolute Gasteiger partial charge is 0.275 e. The number of para-hydroxylation sites is 2. The first-order valence-corrected chi connectivity index (χ1v) is 9.65. The van der Waals surface area contributed by atoms with Crippen molar-refractivity contribution in [2.75, 3.05) is 5.32 Å². The summed E-state index contributed by atoms with van der Waals surface area (Å²) < 4.78 is 3.69. The molecule has 0 radical (unpaired) electrons. The molecular weight excluding hydrogens is 350 g/mol. The van der Waals surface area contributed by atoms with Crippen LogP contribution in [0.3, 0.4) is 0 Å². The predicted octanol–water partition coefficient (Wildman–Crippen LogP) is 4.24. The molecule has 0 bridgehead atoms. The number of amides is 1. The molecule has 0 aliphatic rings. The summed E-state index contributed by atoms with van der Waals surface area (Å²) in [5.74, 6) is -0.0367. The zero-order chi connectivity index (χ0) is 19.5. The predicted molar refractivity (Wildman–Crippen MR) is 113 cm³/mol. The molecule has 0 saturated heterocycles. The third kappa shape index (κ3) is 3.43. The van der Waals surface area contributed by atoms with Gasteiger partial charge in [0.2, 0.25) is 5.91 Å². The van der Waals surface area contributed by atoms with Crippen LogP contribution in [0, 0.1) is 0 Å². The molecule has 0 unspecified atom stereocenters. The van der Waals surface area contributed by atoms with Gasteiger partial charge >= 0.3 is 0 Å². The van der Waals surface area contributed by atoms with Crippen LogP contribution in [0.5, 0.6) is 0 Å². The first-order valence-electron chi connectivity index (χ1n) is 9.65. The Kier molecular flexibility index (Phi) is 4.98. The third-order valence-corrected chi connectivity index (χ3v) is 5.08. The summed E-state index contributed by atoms with van der Waals surface area (Å²) in [7, 11) is 0. The number of fused-ring (bicyclic) bond motifs is 3. The number of nitrogens with one attached hydrogen (secondary N) is 1. The molecule has 1 amide bonds. The highest BCUT2D eigenvalue weighted by Gasteiger charge is 2.10. The number of rotatable bonds is 6. The van der Waals surface area contributed by atoms with Crippen LogP contribution in [0.4, 0.5) is 5.69 Å². The average Bonchev–Trinajstić information content (AvgIpc) is 3.21. The van der Waals surface area contributed by atoms with Crippen molar-refractivity contribution in [1.82, 2.24) is 8.97 Å². The van der Waals surface area contributed by atoms with E-state index in [0.29, 0.717) is 24.9 Å². The van der Waals surface area contributed by atoms with Gasteiger partial charge in [0.15, 0.2) is 0 Å². The van der Waals surface area contributed by atoms with Crippen LogP contribution in [0.1, 0.15) is 25.3 Å². The molecule has 4 rings (SSSR count). The van der Waals surface area contributed by atoms with Gasteiger partial charge in [0.25, 0.3) is 5.56 Å². The minimum absolute atomic E-state index is 0.0285. The second kappa shape index (κ2) is 7.72. The Morgan fingerprint density at radius 1 is 0.929 bits per heavy atom. The second-order valence-electron chi connectivity index (χ2n) is 6.91. The van der Waals surface area contributed by atoms with Gasteiger partial charge in [-0.25, -0.2) is 0 Å². The molecule has 2 aromatic heterocycles. The Morgan fingerprint density at radius 2 is 1.64 bits per heavy atom. The van der Waals surface area contributed by atoms with Crippen molar-refractivity contribution in [3.05, 3.63) is 82.8 Å². The van der Waals surface area contributed by atoms with Crippen molar-refractivity contribution in [1.29, 1.82) is 0 Å². The minimum Gasteiger partial charge on any atom is -0.326 e. The molecule has 4 aromatic rings. The van der Waals surface area contributed by atoms with Gasteiger partial charge in [-0.3, -0.25) is 9.59 Å². The van der Waals surface area contributed by atoms with E-state index in [4.69, 9.17) is 0 Å². The minimum atomic E-state index is -0.0367. The molecule has 0 aliphatic carbocycles. The van der Waals surface area contributed by atoms with E-state index in [1.807, 2.05) is 71.3 Å². The first kappa shape index (κ1) is 18.0. The topological polar surface area (TPSA) is 55.5 Å². The summed E-state index contributed by atoms with van der Waals surface area (Å²) in [6, 6.07) is 19.5. The lowest BCUT2D eigenvalue weighted by atomic mass is 10.1. The Balaban J connectivity index is 1.48. The SMILES string of the molecule is CCc1ccc(NC(=O)CCCn2c(=O)c3cccn3c3ccccc32)cc1. The average molecular weight is 373 g/mol. The Hall–Kier alpha value is -3.34. The molecule has 0 aliphatic heterocycles. The normalized spacial score (nSPS) is 11.2. The van der Waals surface area contributed by atoms with Crippen LogP contribution >= 0.6 is 0 Å². The zero-order valence-electron chi connectivity index (χ0n) is 15.9. The molecule has 2 aromatic carbocycles. The third-order valence-electron chi connectivity index (χ3n) is 5.08. The summed E-state index contributed by atoms with van der Waals surface area (Å²) in [6.07, 6.45) is 3.84. The van der Waals surface area contributed by atoms with Crippen LogP contribution in [0.2, 0.25) is 0 Å². The largest absolute Gasteiger partial charge is 0.326 e. The van der Waals surface area contributed by atoms with E-state index in [1.165, 1.54) is 5.56 Å². The highest BCUT2D eigenvalue weighted by molar-refractivity contribution is 5.90. The standard InChI is InChI=1S/C23H23N3O2/c1-2-17-11-13-18(14-12-17)24-22(27)10-6-16-26-20-8-4-3-7-19(20)25-15-5-9-21(25)23(26)28/h3-5,7-9,11-15H,2,6,10,16H2,1H3,(H,24,27). The van der Waals surface area contributed by atoms with Gasteiger partial charge in [-0.1, -0.05) is 31.2 Å². The van der Waals surface area contributed by atoms with Gasteiger partial charge in [0, 0.05) is 24.8 Å². The quantitative estimate of drug-likeness (QED) is 0.550. The van der Waals surface area contributed by atoms with Crippen LogP contribution < -0.4 is 10.9 Å². The maximum Gasteiger partial charge on any atom is 0.275 e. The Morgan fingerprint density at radius 3 is 2.39 bits per heavy atom. The van der Waals surface area contributed by atoms with Crippen molar-refractivity contribution in [3.63, 3.8) is 0 Å². The van der Waals surface area contributed by atoms with E-state index in [0.717, 1.165) is 23.1 Å². The summed E-state index contributed by atoms with van der Waals surface area (Å²) >= 11 is 0.